The van der Waals surface area contributed by atoms with Crippen molar-refractivity contribution in [3.8, 4) is 0 Å². The fourth-order valence-corrected chi connectivity index (χ4v) is 1.66. The molecule has 0 heterocycles. The first-order valence-electron chi connectivity index (χ1n) is 7.38. The van der Waals surface area contributed by atoms with E-state index < -0.39 is 0 Å². The van der Waals surface area contributed by atoms with Gasteiger partial charge >= 0.3 is 0 Å². The van der Waals surface area contributed by atoms with Gasteiger partial charge in [-0.25, -0.2) is 0 Å². The van der Waals surface area contributed by atoms with Crippen molar-refractivity contribution in [2.45, 2.75) is 71.1 Å². The Kier molecular flexibility index (Phi) is 13.0. The molecule has 0 N–H and O–H groups in total. The Balaban J connectivity index is 3.02. The second kappa shape index (κ2) is 14.9. The molecule has 1 atom stereocenters. The number of rotatable bonds is 13. The van der Waals surface area contributed by atoms with Gasteiger partial charge in [0.25, 0.3) is 0 Å². The molecule has 0 aromatic carbocycles. The van der Waals surface area contributed by atoms with E-state index in [2.05, 4.69) is 6.92 Å². The van der Waals surface area contributed by atoms with E-state index >= 15 is 0 Å². The predicted molar refractivity (Wildman–Crippen MR) is 69.7 cm³/mol. The van der Waals surface area contributed by atoms with Crippen molar-refractivity contribution in [3.05, 3.63) is 0 Å². The number of hydrogen-bond acceptors (Lipinski definition) is 2. The maximum atomic E-state index is 7.83. The van der Waals surface area contributed by atoms with Crippen LogP contribution in [0.2, 0.25) is 0 Å². The lowest BCUT2D eigenvalue weighted by Crippen LogP contribution is -1.98. The summed E-state index contributed by atoms with van der Waals surface area (Å²) < 4.78 is 17.9. The molecule has 0 fully saturated rings. The quantitative estimate of drug-likeness (QED) is 0.342. The monoisotopic (exact) mass is 231 g/mol. The molecule has 0 unspecified atom stereocenters. The number of methoxy groups -OCH3 is 1. The maximum Gasteiger partial charge on any atom is 0.146 e. The van der Waals surface area contributed by atoms with Crippen molar-refractivity contribution in [2.75, 3.05) is 20.5 Å². The minimum Gasteiger partial charge on any atom is -0.359 e. The van der Waals surface area contributed by atoms with Gasteiger partial charge in [-0.05, 0) is 6.42 Å². The van der Waals surface area contributed by atoms with Crippen molar-refractivity contribution in [3.63, 3.8) is 0 Å². The lowest BCUT2D eigenvalue weighted by Gasteiger charge is -2.03. The van der Waals surface area contributed by atoms with Crippen molar-refractivity contribution >= 4 is 0 Å². The topological polar surface area (TPSA) is 18.5 Å². The van der Waals surface area contributed by atoms with Crippen LogP contribution in [0.25, 0.3) is 0 Å². The Morgan fingerprint density at radius 1 is 0.875 bits per heavy atom. The van der Waals surface area contributed by atoms with Crippen molar-refractivity contribution in [1.82, 2.24) is 0 Å². The fourth-order valence-electron chi connectivity index (χ4n) is 1.66. The van der Waals surface area contributed by atoms with Crippen LogP contribution in [0.1, 0.15) is 72.5 Å². The first kappa shape index (κ1) is 14.0. The Morgan fingerprint density at radius 3 is 2.19 bits per heavy atom. The highest BCUT2D eigenvalue weighted by molar-refractivity contribution is 4.47. The Morgan fingerprint density at radius 2 is 1.50 bits per heavy atom. The van der Waals surface area contributed by atoms with Crippen LogP contribution in [0, 0.1) is 0 Å². The zero-order chi connectivity index (χ0) is 12.8. The molecule has 0 amide bonds. The summed E-state index contributed by atoms with van der Waals surface area (Å²) >= 11 is 0. The summed E-state index contributed by atoms with van der Waals surface area (Å²) in [5.74, 6) is 0. The first-order valence-corrected chi connectivity index (χ1v) is 6.80. The second-order valence-corrected chi connectivity index (χ2v) is 4.30. The third kappa shape index (κ3) is 13.9. The zero-order valence-electron chi connectivity index (χ0n) is 12.2. The number of ether oxygens (including phenoxy) is 2. The average molecular weight is 231 g/mol. The summed E-state index contributed by atoms with van der Waals surface area (Å²) in [7, 11) is 1.65. The standard InChI is InChI=1S/C14H30O2/c1-3-4-5-6-7-8-9-10-11-12-13-16-14-15-2/h3-14H2,1-2H3/i6D/t6-/m0/s1. The Hall–Kier alpha value is -0.0800. The zero-order valence-corrected chi connectivity index (χ0v) is 11.2. The molecule has 0 aliphatic heterocycles. The smallest absolute Gasteiger partial charge is 0.146 e. The van der Waals surface area contributed by atoms with E-state index in [0.717, 1.165) is 25.9 Å². The molecule has 0 saturated heterocycles. The van der Waals surface area contributed by atoms with Crippen LogP contribution in [-0.2, 0) is 9.47 Å². The van der Waals surface area contributed by atoms with E-state index in [-0.39, 0.29) is 6.40 Å². The van der Waals surface area contributed by atoms with E-state index in [9.17, 15) is 0 Å². The molecule has 0 aliphatic rings. The van der Waals surface area contributed by atoms with Crippen LogP contribution in [0.15, 0.2) is 0 Å². The summed E-state index contributed by atoms with van der Waals surface area (Å²) in [5, 5.41) is 0. The minimum atomic E-state index is 0.181. The van der Waals surface area contributed by atoms with E-state index in [0.29, 0.717) is 6.79 Å². The second-order valence-electron chi connectivity index (χ2n) is 4.30. The molecule has 0 saturated carbocycles. The normalized spacial score (nSPS) is 13.8. The molecule has 0 aromatic heterocycles. The van der Waals surface area contributed by atoms with Gasteiger partial charge in [-0.1, -0.05) is 64.7 Å². The van der Waals surface area contributed by atoms with Crippen LogP contribution in [-0.4, -0.2) is 20.5 Å². The average Bonchev–Trinajstić information content (AvgIpc) is 2.34. The van der Waals surface area contributed by atoms with Gasteiger partial charge in [-0.2, -0.15) is 0 Å². The predicted octanol–water partition coefficient (Wildman–Crippen LogP) is 4.53. The summed E-state index contributed by atoms with van der Waals surface area (Å²) in [5.41, 5.74) is 0. The minimum absolute atomic E-state index is 0.181. The number of unbranched alkanes of at least 4 members (excludes halogenated alkanes) is 5. The van der Waals surface area contributed by atoms with E-state index in [4.69, 9.17) is 10.8 Å². The summed E-state index contributed by atoms with van der Waals surface area (Å²) in [4.78, 5) is 0. The fraction of sp³-hybridized carbons (Fsp3) is 1.00. The highest BCUT2D eigenvalue weighted by Crippen LogP contribution is 2.10. The maximum absolute atomic E-state index is 7.83. The Bertz CT molecular complexity index is 142. The van der Waals surface area contributed by atoms with Crippen molar-refractivity contribution in [1.29, 1.82) is 0 Å². The molecule has 16 heavy (non-hydrogen) atoms. The van der Waals surface area contributed by atoms with Crippen LogP contribution in [0.3, 0.4) is 0 Å². The summed E-state index contributed by atoms with van der Waals surface area (Å²) in [6.45, 7) is 3.42. The summed E-state index contributed by atoms with van der Waals surface area (Å²) in [6.07, 6.45) is 10.9. The molecule has 2 heteroatoms. The SMILES string of the molecule is [2H][C@@H](CCCC)CCCCCCCOCOC. The van der Waals surface area contributed by atoms with E-state index in [1.807, 2.05) is 0 Å². The molecule has 0 aliphatic carbocycles. The van der Waals surface area contributed by atoms with Gasteiger partial charge in [-0.15, -0.1) is 0 Å². The molecule has 2 nitrogen and oxygen atoms in total. The first-order chi connectivity index (χ1) is 8.31. The van der Waals surface area contributed by atoms with Crippen LogP contribution in [0.5, 0.6) is 0 Å². The van der Waals surface area contributed by atoms with Crippen molar-refractivity contribution < 1.29 is 10.8 Å². The third-order valence-corrected chi connectivity index (χ3v) is 2.66. The molecule has 0 radical (unpaired) electrons. The molecular weight excluding hydrogens is 200 g/mol. The van der Waals surface area contributed by atoms with Crippen LogP contribution >= 0.6 is 0 Å². The molecule has 0 rings (SSSR count). The van der Waals surface area contributed by atoms with Crippen LogP contribution in [0.4, 0.5) is 0 Å². The third-order valence-electron chi connectivity index (χ3n) is 2.66. The lowest BCUT2D eigenvalue weighted by atomic mass is 10.1. The van der Waals surface area contributed by atoms with Gasteiger partial charge in [0.1, 0.15) is 6.79 Å². The van der Waals surface area contributed by atoms with E-state index in [1.165, 1.54) is 38.5 Å². The van der Waals surface area contributed by atoms with E-state index in [1.54, 1.807) is 7.11 Å². The van der Waals surface area contributed by atoms with Gasteiger partial charge in [0, 0.05) is 15.1 Å². The molecule has 0 spiro atoms. The van der Waals surface area contributed by atoms with Gasteiger partial charge in [-0.3, -0.25) is 0 Å². The van der Waals surface area contributed by atoms with Crippen molar-refractivity contribution in [2.24, 2.45) is 0 Å². The molecule has 98 valence electrons. The summed E-state index contributed by atoms with van der Waals surface area (Å²) in [6, 6.07) is 0. The van der Waals surface area contributed by atoms with Gasteiger partial charge in [0.15, 0.2) is 0 Å². The molecule has 0 aromatic rings. The molecule has 0 bridgehead atoms. The highest BCUT2D eigenvalue weighted by Gasteiger charge is 1.92. The largest absolute Gasteiger partial charge is 0.359 e. The number of hydrogen-bond donors (Lipinski definition) is 0. The Labute approximate surface area is 103 Å². The lowest BCUT2D eigenvalue weighted by molar-refractivity contribution is -0.0315. The van der Waals surface area contributed by atoms with Gasteiger partial charge < -0.3 is 9.47 Å². The van der Waals surface area contributed by atoms with Gasteiger partial charge in [0.05, 0.1) is 0 Å². The highest BCUT2D eigenvalue weighted by atomic mass is 16.7. The van der Waals surface area contributed by atoms with Gasteiger partial charge in [0.2, 0.25) is 0 Å². The molecular formula is C14H30O2. The van der Waals surface area contributed by atoms with Crippen LogP contribution < -0.4 is 0 Å².